The van der Waals surface area contributed by atoms with Crippen molar-refractivity contribution in [1.82, 2.24) is 15.1 Å². The Morgan fingerprint density at radius 1 is 1.47 bits per heavy atom. The van der Waals surface area contributed by atoms with Crippen LogP contribution in [0.5, 0.6) is 0 Å². The van der Waals surface area contributed by atoms with Crippen LogP contribution in [0.25, 0.3) is 0 Å². The summed E-state index contributed by atoms with van der Waals surface area (Å²) in [6.07, 6.45) is 1.26. The Morgan fingerprint density at radius 3 is 2.89 bits per heavy atom. The van der Waals surface area contributed by atoms with Crippen LogP contribution >= 0.6 is 0 Å². The van der Waals surface area contributed by atoms with E-state index in [0.29, 0.717) is 6.04 Å². The van der Waals surface area contributed by atoms with Crippen molar-refractivity contribution < 1.29 is 4.42 Å². The highest BCUT2D eigenvalue weighted by atomic mass is 16.3. The number of rotatable bonds is 6. The number of nitrogens with one attached hydrogen (secondary N) is 1. The number of hydrogen-bond acceptors (Lipinski definition) is 4. The van der Waals surface area contributed by atoms with Gasteiger partial charge in [0, 0.05) is 31.2 Å². The van der Waals surface area contributed by atoms with E-state index < -0.39 is 0 Å². The fraction of sp³-hybridized carbons (Fsp3) is 0.733. The molecule has 0 radical (unpaired) electrons. The van der Waals surface area contributed by atoms with Gasteiger partial charge in [-0.15, -0.1) is 0 Å². The van der Waals surface area contributed by atoms with Gasteiger partial charge in [-0.2, -0.15) is 0 Å². The summed E-state index contributed by atoms with van der Waals surface area (Å²) in [5.74, 6) is 2.16. The van der Waals surface area contributed by atoms with Gasteiger partial charge in [0.1, 0.15) is 11.5 Å². The standard InChI is InChI=1S/C15H27N3O/c1-5-16-9-13-8-15(19-12(13)2)11-18-7-6-14(10-18)17(3)4/h8,14,16H,5-7,9-11H2,1-4H3. The lowest BCUT2D eigenvalue weighted by Crippen LogP contribution is -2.31. The molecule has 2 heterocycles. The van der Waals surface area contributed by atoms with E-state index in [2.05, 4.69) is 49.1 Å². The van der Waals surface area contributed by atoms with Crippen molar-refractivity contribution in [2.45, 2.75) is 39.4 Å². The normalized spacial score (nSPS) is 20.6. The van der Waals surface area contributed by atoms with Gasteiger partial charge < -0.3 is 14.6 Å². The summed E-state index contributed by atoms with van der Waals surface area (Å²) in [5, 5.41) is 3.35. The predicted molar refractivity (Wildman–Crippen MR) is 78.2 cm³/mol. The second kappa shape index (κ2) is 6.55. The molecule has 1 atom stereocenters. The minimum absolute atomic E-state index is 0.692. The molecule has 4 nitrogen and oxygen atoms in total. The Labute approximate surface area is 116 Å². The molecule has 1 unspecified atom stereocenters. The highest BCUT2D eigenvalue weighted by Crippen LogP contribution is 2.20. The molecule has 4 heteroatoms. The molecule has 108 valence electrons. The van der Waals surface area contributed by atoms with Crippen LogP contribution in [0.15, 0.2) is 10.5 Å². The highest BCUT2D eigenvalue weighted by Gasteiger charge is 2.24. The van der Waals surface area contributed by atoms with Crippen LogP contribution in [0.1, 0.15) is 30.4 Å². The Bertz CT molecular complexity index is 400. The summed E-state index contributed by atoms with van der Waals surface area (Å²) in [7, 11) is 4.33. The van der Waals surface area contributed by atoms with Crippen LogP contribution in [-0.2, 0) is 13.1 Å². The highest BCUT2D eigenvalue weighted by molar-refractivity contribution is 5.20. The minimum atomic E-state index is 0.692. The monoisotopic (exact) mass is 265 g/mol. The van der Waals surface area contributed by atoms with Gasteiger partial charge in [0.05, 0.1) is 6.54 Å². The molecule has 1 saturated heterocycles. The second-order valence-electron chi connectivity index (χ2n) is 5.72. The Balaban J connectivity index is 1.89. The smallest absolute Gasteiger partial charge is 0.118 e. The molecule has 2 rings (SSSR count). The first-order valence-electron chi connectivity index (χ1n) is 7.27. The number of likely N-dealkylation sites (N-methyl/N-ethyl adjacent to an activating group) is 1. The van der Waals surface area contributed by atoms with E-state index in [1.54, 1.807) is 0 Å². The molecule has 19 heavy (non-hydrogen) atoms. The van der Waals surface area contributed by atoms with Crippen molar-refractivity contribution in [3.8, 4) is 0 Å². The summed E-state index contributed by atoms with van der Waals surface area (Å²) in [4.78, 5) is 4.81. The SMILES string of the molecule is CCNCc1cc(CN2CCC(N(C)C)C2)oc1C. The summed E-state index contributed by atoms with van der Waals surface area (Å²) in [6, 6.07) is 2.90. The molecule has 1 aromatic rings. The number of likely N-dealkylation sites (tertiary alicyclic amines) is 1. The molecule has 0 bridgehead atoms. The molecule has 0 aliphatic carbocycles. The largest absolute Gasteiger partial charge is 0.465 e. The van der Waals surface area contributed by atoms with Gasteiger partial charge in [-0.05, 0) is 40.1 Å². The van der Waals surface area contributed by atoms with Crippen LogP contribution in [-0.4, -0.2) is 49.6 Å². The maximum atomic E-state index is 5.87. The molecule has 0 aromatic carbocycles. The summed E-state index contributed by atoms with van der Waals surface area (Å²) in [5.41, 5.74) is 1.29. The van der Waals surface area contributed by atoms with Crippen molar-refractivity contribution in [3.63, 3.8) is 0 Å². The van der Waals surface area contributed by atoms with Crippen LogP contribution < -0.4 is 5.32 Å². The number of aryl methyl sites for hydroxylation is 1. The maximum absolute atomic E-state index is 5.87. The molecule has 0 amide bonds. The van der Waals surface area contributed by atoms with Gasteiger partial charge in [-0.3, -0.25) is 4.90 Å². The zero-order valence-corrected chi connectivity index (χ0v) is 12.7. The zero-order valence-electron chi connectivity index (χ0n) is 12.7. The molecule has 0 saturated carbocycles. The van der Waals surface area contributed by atoms with Gasteiger partial charge in [-0.1, -0.05) is 6.92 Å². The predicted octanol–water partition coefficient (Wildman–Crippen LogP) is 1.83. The Morgan fingerprint density at radius 2 is 2.26 bits per heavy atom. The van der Waals surface area contributed by atoms with Gasteiger partial charge in [0.15, 0.2) is 0 Å². The van der Waals surface area contributed by atoms with Crippen molar-refractivity contribution >= 4 is 0 Å². The molecule has 1 fully saturated rings. The van der Waals surface area contributed by atoms with Crippen molar-refractivity contribution in [2.75, 3.05) is 33.7 Å². The summed E-state index contributed by atoms with van der Waals surface area (Å²) < 4.78 is 5.87. The van der Waals surface area contributed by atoms with E-state index >= 15 is 0 Å². The van der Waals surface area contributed by atoms with E-state index in [1.807, 2.05) is 0 Å². The molecule has 1 aromatic heterocycles. The molecule has 0 spiro atoms. The summed E-state index contributed by atoms with van der Waals surface area (Å²) in [6.45, 7) is 9.35. The van der Waals surface area contributed by atoms with Crippen LogP contribution in [0.3, 0.4) is 0 Å². The van der Waals surface area contributed by atoms with Gasteiger partial charge >= 0.3 is 0 Å². The quantitative estimate of drug-likeness (QED) is 0.850. The van der Waals surface area contributed by atoms with Gasteiger partial charge in [0.25, 0.3) is 0 Å². The van der Waals surface area contributed by atoms with Gasteiger partial charge in [-0.25, -0.2) is 0 Å². The van der Waals surface area contributed by atoms with E-state index in [-0.39, 0.29) is 0 Å². The fourth-order valence-electron chi connectivity index (χ4n) is 2.70. The fourth-order valence-corrected chi connectivity index (χ4v) is 2.70. The van der Waals surface area contributed by atoms with E-state index in [4.69, 9.17) is 4.42 Å². The third kappa shape index (κ3) is 3.81. The van der Waals surface area contributed by atoms with Crippen molar-refractivity contribution in [3.05, 3.63) is 23.2 Å². The molecular formula is C15H27N3O. The maximum Gasteiger partial charge on any atom is 0.118 e. The average Bonchev–Trinajstić information content (AvgIpc) is 2.94. The third-order valence-corrected chi connectivity index (χ3v) is 3.99. The third-order valence-electron chi connectivity index (χ3n) is 3.99. The van der Waals surface area contributed by atoms with Crippen LogP contribution in [0.4, 0.5) is 0 Å². The van der Waals surface area contributed by atoms with Crippen molar-refractivity contribution in [2.24, 2.45) is 0 Å². The topological polar surface area (TPSA) is 31.6 Å². The first kappa shape index (κ1) is 14.6. The first-order chi connectivity index (χ1) is 9.10. The first-order valence-corrected chi connectivity index (χ1v) is 7.27. The average molecular weight is 265 g/mol. The lowest BCUT2D eigenvalue weighted by atomic mass is 10.2. The number of nitrogens with zero attached hydrogens (tertiary/aromatic N) is 2. The lowest BCUT2D eigenvalue weighted by molar-refractivity contribution is 0.251. The summed E-state index contributed by atoms with van der Waals surface area (Å²) >= 11 is 0. The lowest BCUT2D eigenvalue weighted by Gasteiger charge is -2.19. The zero-order chi connectivity index (χ0) is 13.8. The molecule has 1 aliphatic rings. The van der Waals surface area contributed by atoms with Crippen LogP contribution in [0, 0.1) is 6.92 Å². The second-order valence-corrected chi connectivity index (χ2v) is 5.72. The number of hydrogen-bond donors (Lipinski definition) is 1. The Hall–Kier alpha value is -0.840. The van der Waals surface area contributed by atoms with Crippen molar-refractivity contribution in [1.29, 1.82) is 0 Å². The Kier molecular flexibility index (Phi) is 5.02. The molecule has 1 N–H and O–H groups in total. The van der Waals surface area contributed by atoms with Crippen LogP contribution in [0.2, 0.25) is 0 Å². The van der Waals surface area contributed by atoms with E-state index in [1.165, 1.54) is 18.5 Å². The molecular weight excluding hydrogens is 238 g/mol. The van der Waals surface area contributed by atoms with Gasteiger partial charge in [0.2, 0.25) is 0 Å². The minimum Gasteiger partial charge on any atom is -0.465 e. The van der Waals surface area contributed by atoms with E-state index in [0.717, 1.165) is 37.7 Å². The van der Waals surface area contributed by atoms with E-state index in [9.17, 15) is 0 Å². The number of furan rings is 1. The molecule has 1 aliphatic heterocycles.